The summed E-state index contributed by atoms with van der Waals surface area (Å²) in [7, 11) is 1.57. The maximum atomic E-state index is 13.1. The molecule has 4 rings (SSSR count). The molecule has 4 N–H and O–H groups in total. The van der Waals surface area contributed by atoms with Crippen LogP contribution in [0.2, 0.25) is 0 Å². The smallest absolute Gasteiger partial charge is 0.229 e. The van der Waals surface area contributed by atoms with Crippen LogP contribution < -0.4 is 26.0 Å². The van der Waals surface area contributed by atoms with Gasteiger partial charge in [0.25, 0.3) is 0 Å². The van der Waals surface area contributed by atoms with Crippen molar-refractivity contribution in [2.45, 2.75) is 57.5 Å². The SMILES string of the molecule is CCC1CCCCN1C1NC(=O)C2C(NC(=O)CC2C(=O)Nc2ccc(OC)cc2)N1. The van der Waals surface area contributed by atoms with E-state index in [-0.39, 0.29) is 30.4 Å². The van der Waals surface area contributed by atoms with Gasteiger partial charge in [-0.1, -0.05) is 13.3 Å². The second kappa shape index (κ2) is 9.23. The van der Waals surface area contributed by atoms with Crippen LogP contribution in [0, 0.1) is 11.8 Å². The van der Waals surface area contributed by atoms with E-state index >= 15 is 0 Å². The lowest BCUT2D eigenvalue weighted by molar-refractivity contribution is -0.148. The Kier molecular flexibility index (Phi) is 6.43. The normalized spacial score (nSPS) is 31.2. The highest BCUT2D eigenvalue weighted by atomic mass is 16.5. The topological polar surface area (TPSA) is 112 Å². The Morgan fingerprint density at radius 3 is 2.68 bits per heavy atom. The molecule has 1 aromatic rings. The number of fused-ring (bicyclic) bond motifs is 1. The molecule has 3 aliphatic rings. The number of ether oxygens (including phenoxy) is 1. The van der Waals surface area contributed by atoms with Gasteiger partial charge in [0.1, 0.15) is 12.0 Å². The average Bonchev–Trinajstić information content (AvgIpc) is 2.78. The number of amides is 3. The Morgan fingerprint density at radius 1 is 1.19 bits per heavy atom. The molecule has 5 atom stereocenters. The van der Waals surface area contributed by atoms with Crippen LogP contribution in [0.4, 0.5) is 5.69 Å². The highest BCUT2D eigenvalue weighted by Crippen LogP contribution is 2.30. The molecule has 0 spiro atoms. The van der Waals surface area contributed by atoms with E-state index in [1.54, 1.807) is 31.4 Å². The minimum absolute atomic E-state index is 0.0236. The quantitative estimate of drug-likeness (QED) is 0.555. The lowest BCUT2D eigenvalue weighted by Gasteiger charge is -2.49. The van der Waals surface area contributed by atoms with Crippen molar-refractivity contribution in [3.05, 3.63) is 24.3 Å². The van der Waals surface area contributed by atoms with E-state index < -0.39 is 18.0 Å². The standard InChI is InChI=1S/C22H31N5O4/c1-3-14-6-4-5-11-27(14)22-25-19-18(21(30)26-22)16(12-17(28)24-19)20(29)23-13-7-9-15(31-2)10-8-13/h7-10,14,16,18-19,22,25H,3-6,11-12H2,1-2H3,(H,23,29)(H,24,28)(H,26,30). The minimum Gasteiger partial charge on any atom is -0.497 e. The van der Waals surface area contributed by atoms with Gasteiger partial charge in [-0.05, 0) is 43.5 Å². The molecular formula is C22H31N5O4. The summed E-state index contributed by atoms with van der Waals surface area (Å²) in [4.78, 5) is 40.8. The van der Waals surface area contributed by atoms with Gasteiger partial charge in [-0.3, -0.25) is 24.6 Å². The number of hydrogen-bond donors (Lipinski definition) is 4. The molecule has 1 aromatic carbocycles. The van der Waals surface area contributed by atoms with Crippen LogP contribution in [0.25, 0.3) is 0 Å². The Bertz CT molecular complexity index is 830. The molecule has 9 heteroatoms. The summed E-state index contributed by atoms with van der Waals surface area (Å²) in [6.45, 7) is 3.04. The van der Waals surface area contributed by atoms with Crippen LogP contribution in [0.15, 0.2) is 24.3 Å². The molecule has 31 heavy (non-hydrogen) atoms. The number of piperidine rings is 2. The summed E-state index contributed by atoms with van der Waals surface area (Å²) in [5.74, 6) is -1.52. The number of likely N-dealkylation sites (tertiary alicyclic amines) is 1. The van der Waals surface area contributed by atoms with Gasteiger partial charge in [0, 0.05) is 24.7 Å². The fourth-order valence-electron chi connectivity index (χ4n) is 4.95. The van der Waals surface area contributed by atoms with Gasteiger partial charge < -0.3 is 20.7 Å². The van der Waals surface area contributed by atoms with Crippen LogP contribution in [0.3, 0.4) is 0 Å². The Hall–Kier alpha value is -2.65. The summed E-state index contributed by atoms with van der Waals surface area (Å²) in [5, 5.41) is 12.2. The fraction of sp³-hybridized carbons (Fsp3) is 0.591. The molecule has 0 saturated carbocycles. The van der Waals surface area contributed by atoms with Crippen LogP contribution in [0.1, 0.15) is 39.0 Å². The van der Waals surface area contributed by atoms with Crippen LogP contribution >= 0.6 is 0 Å². The van der Waals surface area contributed by atoms with Crippen LogP contribution in [0.5, 0.6) is 5.75 Å². The lowest BCUT2D eigenvalue weighted by atomic mass is 9.81. The number of hydrogen-bond acceptors (Lipinski definition) is 6. The summed E-state index contributed by atoms with van der Waals surface area (Å²) < 4.78 is 5.13. The Labute approximate surface area is 182 Å². The van der Waals surface area contributed by atoms with Crippen molar-refractivity contribution in [3.63, 3.8) is 0 Å². The zero-order valence-electron chi connectivity index (χ0n) is 18.0. The average molecular weight is 430 g/mol. The first-order valence-corrected chi connectivity index (χ1v) is 11.1. The summed E-state index contributed by atoms with van der Waals surface area (Å²) in [6, 6.07) is 7.33. The first-order chi connectivity index (χ1) is 15.0. The van der Waals surface area contributed by atoms with E-state index in [0.717, 1.165) is 25.8 Å². The maximum Gasteiger partial charge on any atom is 0.229 e. The van der Waals surface area contributed by atoms with Crippen LogP contribution in [-0.2, 0) is 14.4 Å². The van der Waals surface area contributed by atoms with E-state index in [4.69, 9.17) is 4.74 Å². The number of carbonyl (C=O) groups is 3. The number of nitrogens with zero attached hydrogens (tertiary/aromatic N) is 1. The molecule has 3 saturated heterocycles. The molecule has 3 heterocycles. The molecule has 0 radical (unpaired) electrons. The van der Waals surface area contributed by atoms with Crippen molar-refractivity contribution in [1.82, 2.24) is 20.9 Å². The molecule has 5 unspecified atom stereocenters. The third-order valence-corrected chi connectivity index (χ3v) is 6.60. The van der Waals surface area contributed by atoms with Gasteiger partial charge in [0.15, 0.2) is 0 Å². The first-order valence-electron chi connectivity index (χ1n) is 11.1. The van der Waals surface area contributed by atoms with Gasteiger partial charge in [-0.25, -0.2) is 0 Å². The van der Waals surface area contributed by atoms with Crippen molar-refractivity contribution in [3.8, 4) is 5.75 Å². The summed E-state index contributed by atoms with van der Waals surface area (Å²) in [5.41, 5.74) is 0.592. The van der Waals surface area contributed by atoms with Crippen LogP contribution in [-0.4, -0.2) is 54.8 Å². The van der Waals surface area contributed by atoms with E-state index in [0.29, 0.717) is 17.5 Å². The number of methoxy groups -OCH3 is 1. The van der Waals surface area contributed by atoms with Gasteiger partial charge in [-0.15, -0.1) is 0 Å². The third kappa shape index (κ3) is 4.52. The van der Waals surface area contributed by atoms with Gasteiger partial charge in [0.05, 0.1) is 25.1 Å². The van der Waals surface area contributed by atoms with Crippen molar-refractivity contribution >= 4 is 23.4 Å². The minimum atomic E-state index is -0.752. The largest absolute Gasteiger partial charge is 0.497 e. The van der Waals surface area contributed by atoms with Crippen molar-refractivity contribution in [1.29, 1.82) is 0 Å². The van der Waals surface area contributed by atoms with Crippen molar-refractivity contribution in [2.24, 2.45) is 11.8 Å². The van der Waals surface area contributed by atoms with E-state index in [1.165, 1.54) is 6.42 Å². The molecule has 0 bridgehead atoms. The highest BCUT2D eigenvalue weighted by Gasteiger charge is 2.49. The number of rotatable bonds is 5. The molecule has 0 aliphatic carbocycles. The molecule has 0 aromatic heterocycles. The lowest BCUT2D eigenvalue weighted by Crippen LogP contribution is -2.75. The number of benzene rings is 1. The van der Waals surface area contributed by atoms with Crippen molar-refractivity contribution in [2.75, 3.05) is 19.0 Å². The summed E-state index contributed by atoms with van der Waals surface area (Å²) in [6.07, 6.45) is 3.42. The summed E-state index contributed by atoms with van der Waals surface area (Å²) >= 11 is 0. The predicted molar refractivity (Wildman–Crippen MR) is 115 cm³/mol. The second-order valence-electron chi connectivity index (χ2n) is 8.47. The highest BCUT2D eigenvalue weighted by molar-refractivity contribution is 6.00. The van der Waals surface area contributed by atoms with Gasteiger partial charge >= 0.3 is 0 Å². The van der Waals surface area contributed by atoms with E-state index in [1.807, 2.05) is 0 Å². The zero-order chi connectivity index (χ0) is 22.0. The molecular weight excluding hydrogens is 398 g/mol. The molecule has 9 nitrogen and oxygen atoms in total. The Morgan fingerprint density at radius 2 is 1.97 bits per heavy atom. The van der Waals surface area contributed by atoms with E-state index in [2.05, 4.69) is 33.1 Å². The number of anilines is 1. The number of nitrogens with one attached hydrogen (secondary N) is 4. The molecule has 3 aliphatic heterocycles. The first kappa shape index (κ1) is 21.6. The predicted octanol–water partition coefficient (Wildman–Crippen LogP) is 0.980. The maximum absolute atomic E-state index is 13.1. The van der Waals surface area contributed by atoms with E-state index in [9.17, 15) is 14.4 Å². The van der Waals surface area contributed by atoms with Crippen molar-refractivity contribution < 1.29 is 19.1 Å². The third-order valence-electron chi connectivity index (χ3n) is 6.60. The number of carbonyl (C=O) groups excluding carboxylic acids is 3. The fourth-order valence-corrected chi connectivity index (χ4v) is 4.95. The van der Waals surface area contributed by atoms with Gasteiger partial charge in [-0.2, -0.15) is 0 Å². The van der Waals surface area contributed by atoms with Gasteiger partial charge in [0.2, 0.25) is 17.7 Å². The zero-order valence-corrected chi connectivity index (χ0v) is 18.0. The second-order valence-corrected chi connectivity index (χ2v) is 8.47. The Balaban J connectivity index is 1.48. The molecule has 168 valence electrons. The monoisotopic (exact) mass is 429 g/mol. The molecule has 3 fully saturated rings. The molecule has 3 amide bonds.